The number of para-hydroxylation sites is 1. The van der Waals surface area contributed by atoms with Crippen molar-refractivity contribution in [2.45, 2.75) is 38.6 Å². The zero-order valence-corrected chi connectivity index (χ0v) is 12.2. The number of carboxylic acids is 1. The van der Waals surface area contributed by atoms with Gasteiger partial charge < -0.3 is 15.1 Å². The molecule has 0 radical (unpaired) electrons. The van der Waals surface area contributed by atoms with Gasteiger partial charge in [0.05, 0.1) is 6.42 Å². The van der Waals surface area contributed by atoms with E-state index >= 15 is 0 Å². The fraction of sp³-hybridized carbons (Fsp3) is 0.500. The standard InChI is InChI=1S/C16H21NO4/c1-2-11-7-8-17(13(9-11)16(20)21)15(19)10-12-5-3-4-6-14(12)18/h3-6,11,13,18H,2,7-10H2,1H3,(H,20,21). The van der Waals surface area contributed by atoms with Crippen molar-refractivity contribution in [3.63, 3.8) is 0 Å². The molecule has 114 valence electrons. The van der Waals surface area contributed by atoms with Crippen LogP contribution >= 0.6 is 0 Å². The lowest BCUT2D eigenvalue weighted by molar-refractivity contribution is -0.152. The summed E-state index contributed by atoms with van der Waals surface area (Å²) in [5, 5.41) is 19.1. The number of hydrogen-bond donors (Lipinski definition) is 2. The van der Waals surface area contributed by atoms with E-state index in [1.54, 1.807) is 18.2 Å². The topological polar surface area (TPSA) is 77.8 Å². The molecule has 1 saturated heterocycles. The van der Waals surface area contributed by atoms with Crippen LogP contribution in [-0.2, 0) is 16.0 Å². The molecule has 1 aliphatic rings. The molecule has 5 nitrogen and oxygen atoms in total. The summed E-state index contributed by atoms with van der Waals surface area (Å²) in [4.78, 5) is 25.2. The van der Waals surface area contributed by atoms with Gasteiger partial charge in [-0.2, -0.15) is 0 Å². The highest BCUT2D eigenvalue weighted by atomic mass is 16.4. The van der Waals surface area contributed by atoms with Gasteiger partial charge in [0.15, 0.2) is 0 Å². The lowest BCUT2D eigenvalue weighted by Crippen LogP contribution is -2.50. The molecule has 1 aliphatic heterocycles. The summed E-state index contributed by atoms with van der Waals surface area (Å²) < 4.78 is 0. The molecular weight excluding hydrogens is 270 g/mol. The minimum absolute atomic E-state index is 0.0350. The van der Waals surface area contributed by atoms with E-state index in [0.29, 0.717) is 24.4 Å². The zero-order valence-electron chi connectivity index (χ0n) is 12.2. The molecule has 21 heavy (non-hydrogen) atoms. The Labute approximate surface area is 124 Å². The Morgan fingerprint density at radius 1 is 1.33 bits per heavy atom. The van der Waals surface area contributed by atoms with E-state index in [9.17, 15) is 19.8 Å². The monoisotopic (exact) mass is 291 g/mol. The van der Waals surface area contributed by atoms with Crippen LogP contribution in [0.25, 0.3) is 0 Å². The Morgan fingerprint density at radius 3 is 2.67 bits per heavy atom. The number of nitrogens with zero attached hydrogens (tertiary/aromatic N) is 1. The first-order chi connectivity index (χ1) is 10.0. The second-order valence-electron chi connectivity index (χ2n) is 5.55. The molecule has 1 aromatic rings. The van der Waals surface area contributed by atoms with Crippen molar-refractivity contribution < 1.29 is 19.8 Å². The molecule has 0 aliphatic carbocycles. The fourth-order valence-corrected chi connectivity index (χ4v) is 2.87. The molecule has 1 fully saturated rings. The maximum Gasteiger partial charge on any atom is 0.326 e. The Bertz CT molecular complexity index is 529. The summed E-state index contributed by atoms with van der Waals surface area (Å²) in [6.45, 7) is 2.52. The third-order valence-electron chi connectivity index (χ3n) is 4.23. The van der Waals surface area contributed by atoms with Gasteiger partial charge >= 0.3 is 5.97 Å². The Hall–Kier alpha value is -2.04. The van der Waals surface area contributed by atoms with E-state index in [1.807, 2.05) is 6.92 Å². The number of phenolic OH excluding ortho intramolecular Hbond substituents is 1. The molecule has 1 heterocycles. The van der Waals surface area contributed by atoms with Gasteiger partial charge in [0.2, 0.25) is 5.91 Å². The molecule has 0 aromatic heterocycles. The number of aliphatic carboxylic acids is 1. The van der Waals surface area contributed by atoms with E-state index in [0.717, 1.165) is 12.8 Å². The van der Waals surface area contributed by atoms with Crippen molar-refractivity contribution in [1.82, 2.24) is 4.90 Å². The number of phenols is 1. The largest absolute Gasteiger partial charge is 0.508 e. The predicted octanol–water partition coefficient (Wildman–Crippen LogP) is 2.04. The quantitative estimate of drug-likeness (QED) is 0.890. The molecule has 2 N–H and O–H groups in total. The molecule has 2 atom stereocenters. The SMILES string of the molecule is CCC1CCN(C(=O)Cc2ccccc2O)C(C(=O)O)C1. The minimum atomic E-state index is -0.946. The number of benzene rings is 1. The maximum absolute atomic E-state index is 12.4. The van der Waals surface area contributed by atoms with Crippen LogP contribution in [0, 0.1) is 5.92 Å². The van der Waals surface area contributed by atoms with Crippen LogP contribution in [0.15, 0.2) is 24.3 Å². The van der Waals surface area contributed by atoms with Crippen molar-refractivity contribution in [1.29, 1.82) is 0 Å². The fourth-order valence-electron chi connectivity index (χ4n) is 2.87. The third kappa shape index (κ3) is 3.54. The van der Waals surface area contributed by atoms with Crippen molar-refractivity contribution in [3.8, 4) is 5.75 Å². The predicted molar refractivity (Wildman–Crippen MR) is 78.0 cm³/mol. The summed E-state index contributed by atoms with van der Waals surface area (Å²) in [5.41, 5.74) is 0.532. The van der Waals surface area contributed by atoms with Crippen LogP contribution in [-0.4, -0.2) is 39.6 Å². The van der Waals surface area contributed by atoms with Crippen LogP contribution in [0.4, 0.5) is 0 Å². The van der Waals surface area contributed by atoms with Gasteiger partial charge in [-0.15, -0.1) is 0 Å². The van der Waals surface area contributed by atoms with Gasteiger partial charge in [0.25, 0.3) is 0 Å². The van der Waals surface area contributed by atoms with E-state index in [2.05, 4.69) is 0 Å². The van der Waals surface area contributed by atoms with Crippen LogP contribution in [0.2, 0.25) is 0 Å². The first kappa shape index (κ1) is 15.4. The number of aromatic hydroxyl groups is 1. The van der Waals surface area contributed by atoms with Crippen LogP contribution in [0.5, 0.6) is 5.75 Å². The number of amides is 1. The second-order valence-corrected chi connectivity index (χ2v) is 5.55. The second kappa shape index (κ2) is 6.61. The van der Waals surface area contributed by atoms with Crippen molar-refractivity contribution in [2.24, 2.45) is 5.92 Å². The van der Waals surface area contributed by atoms with E-state index in [1.165, 1.54) is 11.0 Å². The molecule has 0 saturated carbocycles. The number of carbonyl (C=O) groups is 2. The number of rotatable bonds is 4. The number of hydrogen-bond acceptors (Lipinski definition) is 3. The maximum atomic E-state index is 12.4. The summed E-state index contributed by atoms with van der Waals surface area (Å²) in [6.07, 6.45) is 2.32. The Morgan fingerprint density at radius 2 is 2.05 bits per heavy atom. The first-order valence-corrected chi connectivity index (χ1v) is 7.32. The van der Waals surface area contributed by atoms with Crippen LogP contribution < -0.4 is 0 Å². The average Bonchev–Trinajstić information content (AvgIpc) is 2.48. The summed E-state index contributed by atoms with van der Waals surface area (Å²) in [5.74, 6) is -0.751. The molecule has 2 unspecified atom stereocenters. The minimum Gasteiger partial charge on any atom is -0.508 e. The number of carboxylic acid groups (broad SMARTS) is 1. The van der Waals surface area contributed by atoms with Gasteiger partial charge in [-0.3, -0.25) is 4.79 Å². The first-order valence-electron chi connectivity index (χ1n) is 7.32. The molecule has 5 heteroatoms. The lowest BCUT2D eigenvalue weighted by Gasteiger charge is -2.37. The number of piperidine rings is 1. The Balaban J connectivity index is 2.10. The highest BCUT2D eigenvalue weighted by Gasteiger charge is 2.35. The molecule has 0 spiro atoms. The highest BCUT2D eigenvalue weighted by Crippen LogP contribution is 2.27. The van der Waals surface area contributed by atoms with Crippen LogP contribution in [0.3, 0.4) is 0 Å². The Kier molecular flexibility index (Phi) is 4.83. The smallest absolute Gasteiger partial charge is 0.326 e. The molecule has 1 amide bonds. The molecule has 2 rings (SSSR count). The van der Waals surface area contributed by atoms with Gasteiger partial charge in [-0.25, -0.2) is 4.79 Å². The van der Waals surface area contributed by atoms with Gasteiger partial charge in [0.1, 0.15) is 11.8 Å². The molecular formula is C16H21NO4. The molecule has 1 aromatic carbocycles. The van der Waals surface area contributed by atoms with Crippen molar-refractivity contribution in [2.75, 3.05) is 6.54 Å². The summed E-state index contributed by atoms with van der Waals surface area (Å²) >= 11 is 0. The lowest BCUT2D eigenvalue weighted by atomic mass is 9.88. The number of carbonyl (C=O) groups excluding carboxylic acids is 1. The molecule has 0 bridgehead atoms. The zero-order chi connectivity index (χ0) is 15.4. The van der Waals surface area contributed by atoms with Crippen LogP contribution in [0.1, 0.15) is 31.7 Å². The number of likely N-dealkylation sites (tertiary alicyclic amines) is 1. The van der Waals surface area contributed by atoms with Crippen molar-refractivity contribution >= 4 is 11.9 Å². The summed E-state index contributed by atoms with van der Waals surface area (Å²) in [6, 6.07) is 5.90. The van der Waals surface area contributed by atoms with E-state index in [4.69, 9.17) is 0 Å². The van der Waals surface area contributed by atoms with Gasteiger partial charge in [0, 0.05) is 12.1 Å². The highest BCUT2D eigenvalue weighted by molar-refractivity contribution is 5.85. The van der Waals surface area contributed by atoms with E-state index in [-0.39, 0.29) is 18.1 Å². The normalized spacial score (nSPS) is 22.0. The third-order valence-corrected chi connectivity index (χ3v) is 4.23. The average molecular weight is 291 g/mol. The van der Waals surface area contributed by atoms with Gasteiger partial charge in [-0.1, -0.05) is 31.5 Å². The van der Waals surface area contributed by atoms with Gasteiger partial charge in [-0.05, 0) is 24.8 Å². The van der Waals surface area contributed by atoms with E-state index < -0.39 is 12.0 Å². The van der Waals surface area contributed by atoms with Crippen molar-refractivity contribution in [3.05, 3.63) is 29.8 Å². The summed E-state index contributed by atoms with van der Waals surface area (Å²) in [7, 11) is 0.